The van der Waals surface area contributed by atoms with Crippen molar-refractivity contribution in [2.24, 2.45) is 5.92 Å². The maximum atomic E-state index is 3.78. The lowest BCUT2D eigenvalue weighted by molar-refractivity contribution is 0.195. The zero-order chi connectivity index (χ0) is 14.4. The summed E-state index contributed by atoms with van der Waals surface area (Å²) in [6, 6.07) is 1.59. The van der Waals surface area contributed by atoms with E-state index in [0.717, 1.165) is 24.5 Å². The van der Waals surface area contributed by atoms with Gasteiger partial charge >= 0.3 is 0 Å². The third-order valence-corrected chi connectivity index (χ3v) is 5.29. The first-order chi connectivity index (χ1) is 9.69. The summed E-state index contributed by atoms with van der Waals surface area (Å²) in [6.45, 7) is 10.8. The fourth-order valence-corrected chi connectivity index (χ4v) is 4.05. The molecule has 3 atom stereocenters. The van der Waals surface area contributed by atoms with Crippen LogP contribution in [0.2, 0.25) is 0 Å². The predicted molar refractivity (Wildman–Crippen MR) is 87.2 cm³/mol. The summed E-state index contributed by atoms with van der Waals surface area (Å²) in [5, 5.41) is 3.78. The Morgan fingerprint density at radius 1 is 1.20 bits per heavy atom. The number of nitrogens with zero attached hydrogens (tertiary/aromatic N) is 2. The summed E-state index contributed by atoms with van der Waals surface area (Å²) in [6.07, 6.45) is 8.42. The molecule has 20 heavy (non-hydrogen) atoms. The minimum atomic E-state index is 0.783. The summed E-state index contributed by atoms with van der Waals surface area (Å²) in [5.74, 6) is 0.926. The van der Waals surface area contributed by atoms with E-state index < -0.39 is 0 Å². The van der Waals surface area contributed by atoms with Crippen LogP contribution in [0, 0.1) is 5.92 Å². The van der Waals surface area contributed by atoms with Crippen molar-refractivity contribution < 1.29 is 0 Å². The Balaban J connectivity index is 1.59. The highest BCUT2D eigenvalue weighted by Crippen LogP contribution is 2.23. The van der Waals surface area contributed by atoms with Crippen molar-refractivity contribution in [3.05, 3.63) is 0 Å². The van der Waals surface area contributed by atoms with Crippen molar-refractivity contribution in [3.8, 4) is 0 Å². The zero-order valence-electron chi connectivity index (χ0n) is 13.9. The predicted octanol–water partition coefficient (Wildman–Crippen LogP) is 2.57. The van der Waals surface area contributed by atoms with E-state index in [1.165, 1.54) is 64.7 Å². The molecule has 3 unspecified atom stereocenters. The quantitative estimate of drug-likeness (QED) is 0.774. The van der Waals surface area contributed by atoms with Gasteiger partial charge in [0, 0.05) is 31.7 Å². The molecule has 1 aliphatic heterocycles. The number of hydrogen-bond acceptors (Lipinski definition) is 3. The molecule has 0 amide bonds. The van der Waals surface area contributed by atoms with Crippen molar-refractivity contribution in [1.82, 2.24) is 15.1 Å². The van der Waals surface area contributed by atoms with Gasteiger partial charge in [0.05, 0.1) is 0 Å². The summed E-state index contributed by atoms with van der Waals surface area (Å²) < 4.78 is 0. The number of nitrogens with one attached hydrogen (secondary N) is 1. The Labute approximate surface area is 126 Å². The molecule has 3 nitrogen and oxygen atoms in total. The molecule has 0 aromatic heterocycles. The molecule has 2 rings (SSSR count). The number of likely N-dealkylation sites (N-methyl/N-ethyl adjacent to an activating group) is 2. The molecular formula is C17H35N3. The molecule has 2 fully saturated rings. The molecule has 1 N–H and O–H groups in total. The molecular weight excluding hydrogens is 246 g/mol. The average molecular weight is 281 g/mol. The minimum Gasteiger partial charge on any atom is -0.313 e. The van der Waals surface area contributed by atoms with Gasteiger partial charge in [0.25, 0.3) is 0 Å². The van der Waals surface area contributed by atoms with Gasteiger partial charge in [-0.05, 0) is 51.7 Å². The van der Waals surface area contributed by atoms with Crippen LogP contribution in [0.3, 0.4) is 0 Å². The van der Waals surface area contributed by atoms with Gasteiger partial charge in [-0.2, -0.15) is 0 Å². The van der Waals surface area contributed by atoms with E-state index in [1.54, 1.807) is 0 Å². The number of hydrogen-bond donors (Lipinski definition) is 1. The molecule has 0 spiro atoms. The van der Waals surface area contributed by atoms with Gasteiger partial charge in [-0.15, -0.1) is 0 Å². The molecule has 1 saturated carbocycles. The maximum absolute atomic E-state index is 3.78. The molecule has 118 valence electrons. The molecule has 1 aliphatic carbocycles. The van der Waals surface area contributed by atoms with Gasteiger partial charge < -0.3 is 10.2 Å². The Kier molecular flexibility index (Phi) is 6.79. The molecule has 1 saturated heterocycles. The highest BCUT2D eigenvalue weighted by molar-refractivity contribution is 4.81. The van der Waals surface area contributed by atoms with E-state index in [1.807, 2.05) is 0 Å². The highest BCUT2D eigenvalue weighted by Gasteiger charge is 2.24. The summed E-state index contributed by atoms with van der Waals surface area (Å²) in [7, 11) is 2.29. The second-order valence-electron chi connectivity index (χ2n) is 7.11. The monoisotopic (exact) mass is 281 g/mol. The first-order valence-corrected chi connectivity index (χ1v) is 8.85. The average Bonchev–Trinajstić information content (AvgIpc) is 2.86. The molecule has 1 heterocycles. The van der Waals surface area contributed by atoms with Crippen LogP contribution in [-0.4, -0.2) is 61.7 Å². The lowest BCUT2D eigenvalue weighted by atomic mass is 9.87. The molecule has 2 aliphatic rings. The van der Waals surface area contributed by atoms with Crippen molar-refractivity contribution in [1.29, 1.82) is 0 Å². The van der Waals surface area contributed by atoms with E-state index in [9.17, 15) is 0 Å². The second kappa shape index (κ2) is 8.35. The lowest BCUT2D eigenvalue weighted by Gasteiger charge is -2.30. The Hall–Kier alpha value is -0.120. The van der Waals surface area contributed by atoms with Crippen LogP contribution in [0.15, 0.2) is 0 Å². The smallest absolute Gasteiger partial charge is 0.0223 e. The molecule has 3 heteroatoms. The minimum absolute atomic E-state index is 0.783. The first kappa shape index (κ1) is 16.3. The fourth-order valence-electron chi connectivity index (χ4n) is 4.05. The lowest BCUT2D eigenvalue weighted by Crippen LogP contribution is -2.42. The van der Waals surface area contributed by atoms with Crippen LogP contribution < -0.4 is 5.32 Å². The summed E-state index contributed by atoms with van der Waals surface area (Å²) in [4.78, 5) is 5.17. The normalized spacial score (nSPS) is 32.1. The van der Waals surface area contributed by atoms with E-state index in [0.29, 0.717) is 0 Å². The third kappa shape index (κ3) is 5.01. The van der Waals surface area contributed by atoms with Gasteiger partial charge in [0.1, 0.15) is 0 Å². The van der Waals surface area contributed by atoms with Crippen molar-refractivity contribution >= 4 is 0 Å². The van der Waals surface area contributed by atoms with Crippen LogP contribution in [0.5, 0.6) is 0 Å². The van der Waals surface area contributed by atoms with Gasteiger partial charge in [-0.3, -0.25) is 4.90 Å². The molecule has 0 aromatic carbocycles. The van der Waals surface area contributed by atoms with Crippen LogP contribution >= 0.6 is 0 Å². The van der Waals surface area contributed by atoms with Crippen molar-refractivity contribution in [2.75, 3.05) is 39.8 Å². The topological polar surface area (TPSA) is 18.5 Å². The maximum Gasteiger partial charge on any atom is 0.0223 e. The van der Waals surface area contributed by atoms with E-state index in [-0.39, 0.29) is 0 Å². The van der Waals surface area contributed by atoms with Crippen molar-refractivity contribution in [2.45, 2.75) is 64.5 Å². The van der Waals surface area contributed by atoms with E-state index in [4.69, 9.17) is 0 Å². The highest BCUT2D eigenvalue weighted by atomic mass is 15.2. The largest absolute Gasteiger partial charge is 0.313 e. The molecule has 0 bridgehead atoms. The van der Waals surface area contributed by atoms with Gasteiger partial charge in [-0.1, -0.05) is 26.7 Å². The SMILES string of the molecule is CCN1CCCC1CN(C)CCNC1CCCC(C)C1. The fraction of sp³-hybridized carbons (Fsp3) is 1.00. The summed E-state index contributed by atoms with van der Waals surface area (Å²) >= 11 is 0. The number of rotatable bonds is 7. The van der Waals surface area contributed by atoms with Gasteiger partial charge in [0.15, 0.2) is 0 Å². The van der Waals surface area contributed by atoms with Crippen LogP contribution in [0.4, 0.5) is 0 Å². The van der Waals surface area contributed by atoms with Gasteiger partial charge in [0.2, 0.25) is 0 Å². The molecule has 0 aromatic rings. The third-order valence-electron chi connectivity index (χ3n) is 5.29. The van der Waals surface area contributed by atoms with Crippen LogP contribution in [-0.2, 0) is 0 Å². The van der Waals surface area contributed by atoms with Crippen LogP contribution in [0.1, 0.15) is 52.4 Å². The van der Waals surface area contributed by atoms with E-state index in [2.05, 4.69) is 36.0 Å². The van der Waals surface area contributed by atoms with Gasteiger partial charge in [-0.25, -0.2) is 0 Å². The Morgan fingerprint density at radius 3 is 2.80 bits per heavy atom. The zero-order valence-corrected chi connectivity index (χ0v) is 13.9. The van der Waals surface area contributed by atoms with Crippen molar-refractivity contribution in [3.63, 3.8) is 0 Å². The first-order valence-electron chi connectivity index (χ1n) is 8.85. The second-order valence-corrected chi connectivity index (χ2v) is 7.11. The standard InChI is InChI=1S/C17H35N3/c1-4-20-11-6-9-17(20)14-19(3)12-10-18-16-8-5-7-15(2)13-16/h15-18H,4-14H2,1-3H3. The summed E-state index contributed by atoms with van der Waals surface area (Å²) in [5.41, 5.74) is 0. The Bertz CT molecular complexity index is 269. The molecule has 0 radical (unpaired) electrons. The van der Waals surface area contributed by atoms with Crippen LogP contribution in [0.25, 0.3) is 0 Å². The number of likely N-dealkylation sites (tertiary alicyclic amines) is 1. The Morgan fingerprint density at radius 2 is 2.05 bits per heavy atom. The van der Waals surface area contributed by atoms with E-state index >= 15 is 0 Å².